The number of carbonyl (C=O) groups is 1. The Balaban J connectivity index is 1.55. The number of nitrogens with one attached hydrogen (secondary N) is 1. The summed E-state index contributed by atoms with van der Waals surface area (Å²) >= 11 is 7.47. The fraction of sp³-hybridized carbons (Fsp3) is 0.238. The second-order valence-electron chi connectivity index (χ2n) is 7.11. The summed E-state index contributed by atoms with van der Waals surface area (Å²) in [6.45, 7) is 2.95. The zero-order valence-electron chi connectivity index (χ0n) is 16.3. The summed E-state index contributed by atoms with van der Waals surface area (Å²) in [7, 11) is -3.73. The SMILES string of the molecule is Cc1ccc(-c2csc(NC(=O)c3ccc(Cl)c(S(=O)(=O)N4CCCC4)c3)n2)cc1. The maximum absolute atomic E-state index is 12.9. The Labute approximate surface area is 184 Å². The summed E-state index contributed by atoms with van der Waals surface area (Å²) in [5, 5.41) is 5.16. The van der Waals surface area contributed by atoms with Gasteiger partial charge in [0.1, 0.15) is 4.90 Å². The van der Waals surface area contributed by atoms with Crippen LogP contribution in [-0.2, 0) is 10.0 Å². The van der Waals surface area contributed by atoms with Crippen LogP contribution in [0.15, 0.2) is 52.7 Å². The molecule has 0 radical (unpaired) electrons. The van der Waals surface area contributed by atoms with Gasteiger partial charge in [-0.25, -0.2) is 13.4 Å². The van der Waals surface area contributed by atoms with E-state index in [1.807, 2.05) is 36.6 Å². The summed E-state index contributed by atoms with van der Waals surface area (Å²) in [6, 6.07) is 12.2. The molecule has 156 valence electrons. The maximum atomic E-state index is 12.9. The van der Waals surface area contributed by atoms with Gasteiger partial charge in [-0.15, -0.1) is 11.3 Å². The van der Waals surface area contributed by atoms with Crippen molar-refractivity contribution in [2.75, 3.05) is 18.4 Å². The van der Waals surface area contributed by atoms with Crippen LogP contribution in [0.2, 0.25) is 5.02 Å². The van der Waals surface area contributed by atoms with Crippen LogP contribution in [0.25, 0.3) is 11.3 Å². The minimum Gasteiger partial charge on any atom is -0.298 e. The highest BCUT2D eigenvalue weighted by Gasteiger charge is 2.29. The van der Waals surface area contributed by atoms with Gasteiger partial charge >= 0.3 is 0 Å². The van der Waals surface area contributed by atoms with E-state index in [9.17, 15) is 13.2 Å². The summed E-state index contributed by atoms with van der Waals surface area (Å²) < 4.78 is 27.2. The van der Waals surface area contributed by atoms with Crippen LogP contribution >= 0.6 is 22.9 Å². The van der Waals surface area contributed by atoms with Gasteiger partial charge in [-0.2, -0.15) is 4.31 Å². The number of amides is 1. The molecule has 1 fully saturated rings. The molecule has 3 aromatic rings. The van der Waals surface area contributed by atoms with Gasteiger partial charge in [0.15, 0.2) is 5.13 Å². The zero-order valence-corrected chi connectivity index (χ0v) is 18.6. The Hall–Kier alpha value is -2.26. The third-order valence-electron chi connectivity index (χ3n) is 4.95. The fourth-order valence-electron chi connectivity index (χ4n) is 3.27. The molecule has 0 spiro atoms. The molecular formula is C21H20ClN3O3S2. The number of rotatable bonds is 5. The molecule has 30 heavy (non-hydrogen) atoms. The molecule has 1 aliphatic heterocycles. The van der Waals surface area contributed by atoms with Crippen LogP contribution in [0.4, 0.5) is 5.13 Å². The van der Waals surface area contributed by atoms with Crippen molar-refractivity contribution in [3.8, 4) is 11.3 Å². The lowest BCUT2D eigenvalue weighted by atomic mass is 10.1. The number of halogens is 1. The first-order valence-electron chi connectivity index (χ1n) is 9.48. The Kier molecular flexibility index (Phi) is 5.92. The van der Waals surface area contributed by atoms with E-state index >= 15 is 0 Å². The number of aromatic nitrogens is 1. The highest BCUT2D eigenvalue weighted by molar-refractivity contribution is 7.89. The van der Waals surface area contributed by atoms with Gasteiger partial charge in [0.2, 0.25) is 10.0 Å². The molecular weight excluding hydrogens is 442 g/mol. The molecule has 1 saturated heterocycles. The van der Waals surface area contributed by atoms with Crippen molar-refractivity contribution in [3.63, 3.8) is 0 Å². The minimum atomic E-state index is -3.73. The molecule has 9 heteroatoms. The first kappa shape index (κ1) is 21.0. The van der Waals surface area contributed by atoms with Crippen molar-refractivity contribution >= 4 is 44.0 Å². The number of carbonyl (C=O) groups excluding carboxylic acids is 1. The van der Waals surface area contributed by atoms with E-state index in [1.54, 1.807) is 0 Å². The Morgan fingerprint density at radius 1 is 1.13 bits per heavy atom. The van der Waals surface area contributed by atoms with E-state index < -0.39 is 15.9 Å². The van der Waals surface area contributed by atoms with Crippen molar-refractivity contribution < 1.29 is 13.2 Å². The summed E-state index contributed by atoms with van der Waals surface area (Å²) in [5.41, 5.74) is 3.10. The van der Waals surface area contributed by atoms with Crippen molar-refractivity contribution in [1.82, 2.24) is 9.29 Å². The predicted molar refractivity (Wildman–Crippen MR) is 120 cm³/mol. The van der Waals surface area contributed by atoms with Crippen molar-refractivity contribution in [1.29, 1.82) is 0 Å². The van der Waals surface area contributed by atoms with Gasteiger partial charge in [-0.05, 0) is 38.0 Å². The minimum absolute atomic E-state index is 0.0433. The summed E-state index contributed by atoms with van der Waals surface area (Å²) in [4.78, 5) is 17.1. The van der Waals surface area contributed by atoms with E-state index in [0.29, 0.717) is 18.2 Å². The monoisotopic (exact) mass is 461 g/mol. The molecule has 0 aliphatic carbocycles. The lowest BCUT2D eigenvalue weighted by molar-refractivity contribution is 0.102. The number of sulfonamides is 1. The van der Waals surface area contributed by atoms with Crippen LogP contribution in [0.3, 0.4) is 0 Å². The molecule has 1 aromatic heterocycles. The Morgan fingerprint density at radius 3 is 2.53 bits per heavy atom. The van der Waals surface area contributed by atoms with Gasteiger partial charge in [-0.3, -0.25) is 10.1 Å². The third kappa shape index (κ3) is 4.27. The van der Waals surface area contributed by atoms with Crippen LogP contribution in [0.5, 0.6) is 0 Å². The lowest BCUT2D eigenvalue weighted by Crippen LogP contribution is -2.28. The third-order valence-corrected chi connectivity index (χ3v) is 8.09. The summed E-state index contributed by atoms with van der Waals surface area (Å²) in [5.74, 6) is -0.436. The Bertz CT molecular complexity index is 1180. The molecule has 0 bridgehead atoms. The second kappa shape index (κ2) is 8.47. The van der Waals surface area contributed by atoms with Crippen molar-refractivity contribution in [3.05, 3.63) is 64.0 Å². The van der Waals surface area contributed by atoms with Crippen LogP contribution < -0.4 is 5.32 Å². The average Bonchev–Trinajstić information content (AvgIpc) is 3.41. The standard InChI is InChI=1S/C21H20ClN3O3S2/c1-14-4-6-15(7-5-14)18-13-29-21(23-18)24-20(26)16-8-9-17(22)19(12-16)30(27,28)25-10-2-3-11-25/h4-9,12-13H,2-3,10-11H2,1H3,(H,23,24,26). The normalized spacial score (nSPS) is 14.7. The zero-order chi connectivity index (χ0) is 21.3. The molecule has 2 aromatic carbocycles. The molecule has 2 heterocycles. The molecule has 1 aliphatic rings. The topological polar surface area (TPSA) is 79.4 Å². The van der Waals surface area contributed by atoms with Gasteiger partial charge in [-0.1, -0.05) is 41.4 Å². The number of thiazole rings is 1. The van der Waals surface area contributed by atoms with E-state index in [-0.39, 0.29) is 15.5 Å². The van der Waals surface area contributed by atoms with E-state index in [1.165, 1.54) is 33.8 Å². The van der Waals surface area contributed by atoms with Gasteiger partial charge in [0, 0.05) is 29.6 Å². The number of hydrogen-bond acceptors (Lipinski definition) is 5. The van der Waals surface area contributed by atoms with Crippen molar-refractivity contribution in [2.24, 2.45) is 0 Å². The molecule has 6 nitrogen and oxygen atoms in total. The highest BCUT2D eigenvalue weighted by Crippen LogP contribution is 2.29. The van der Waals surface area contributed by atoms with Crippen LogP contribution in [0.1, 0.15) is 28.8 Å². The second-order valence-corrected chi connectivity index (χ2v) is 10.3. The largest absolute Gasteiger partial charge is 0.298 e. The van der Waals surface area contributed by atoms with Gasteiger partial charge in [0.05, 0.1) is 10.7 Å². The maximum Gasteiger partial charge on any atom is 0.257 e. The number of hydrogen-bond donors (Lipinski definition) is 1. The van der Waals surface area contributed by atoms with Crippen LogP contribution in [-0.4, -0.2) is 36.7 Å². The number of anilines is 1. The average molecular weight is 462 g/mol. The Morgan fingerprint density at radius 2 is 1.83 bits per heavy atom. The molecule has 0 unspecified atom stereocenters. The van der Waals surface area contributed by atoms with E-state index in [4.69, 9.17) is 11.6 Å². The number of aryl methyl sites for hydroxylation is 1. The summed E-state index contributed by atoms with van der Waals surface area (Å²) in [6.07, 6.45) is 1.65. The number of benzene rings is 2. The quantitative estimate of drug-likeness (QED) is 0.591. The van der Waals surface area contributed by atoms with E-state index in [2.05, 4.69) is 10.3 Å². The van der Waals surface area contributed by atoms with Gasteiger partial charge < -0.3 is 0 Å². The molecule has 1 amide bonds. The highest BCUT2D eigenvalue weighted by atomic mass is 35.5. The molecule has 0 atom stereocenters. The van der Waals surface area contributed by atoms with Crippen LogP contribution in [0, 0.1) is 6.92 Å². The van der Waals surface area contributed by atoms with E-state index in [0.717, 1.165) is 29.7 Å². The molecule has 0 saturated carbocycles. The predicted octanol–water partition coefficient (Wildman–Crippen LogP) is 4.81. The van der Waals surface area contributed by atoms with Crippen molar-refractivity contribution in [2.45, 2.75) is 24.7 Å². The fourth-order valence-corrected chi connectivity index (χ4v) is 6.00. The van der Waals surface area contributed by atoms with Gasteiger partial charge in [0.25, 0.3) is 5.91 Å². The first-order chi connectivity index (χ1) is 14.3. The molecule has 4 rings (SSSR count). The smallest absolute Gasteiger partial charge is 0.257 e. The molecule has 1 N–H and O–H groups in total. The first-order valence-corrected chi connectivity index (χ1v) is 12.2. The lowest BCUT2D eigenvalue weighted by Gasteiger charge is -2.17. The number of nitrogens with zero attached hydrogens (tertiary/aromatic N) is 2.